The van der Waals surface area contributed by atoms with E-state index in [4.69, 9.17) is 14.9 Å². The molecule has 0 bridgehead atoms. The molecule has 3 heteroatoms. The second kappa shape index (κ2) is 1.93. The number of aryl methyl sites for hydroxylation is 1. The number of nitrogens with one attached hydrogen (secondary N) is 1. The molecule has 0 amide bonds. The Kier molecular flexibility index (Phi) is 1.26. The maximum Gasteiger partial charge on any atom is 0.176 e. The van der Waals surface area contributed by atoms with E-state index in [-0.39, 0.29) is 11.1 Å². The molecule has 9 heavy (non-hydrogen) atoms. The van der Waals surface area contributed by atoms with E-state index in [1.165, 1.54) is 6.07 Å². The first kappa shape index (κ1) is 5.88. The average molecular weight is 125 g/mol. The molecule has 0 aliphatic rings. The number of hydrogen-bond acceptors (Lipinski definition) is 3. The molecule has 0 atom stereocenters. The molecule has 0 fully saturated rings. The molecule has 0 unspecified atom stereocenters. The third-order valence-corrected chi connectivity index (χ3v) is 0.980. The highest BCUT2D eigenvalue weighted by Crippen LogP contribution is 2.00. The third-order valence-electron chi connectivity index (χ3n) is 0.980. The Labute approximate surface area is 52.1 Å². The van der Waals surface area contributed by atoms with Gasteiger partial charge >= 0.3 is 0 Å². The van der Waals surface area contributed by atoms with Gasteiger partial charge in [-0.3, -0.25) is 5.41 Å². The van der Waals surface area contributed by atoms with Gasteiger partial charge in [0.15, 0.2) is 5.75 Å². The van der Waals surface area contributed by atoms with Gasteiger partial charge in [-0.25, -0.2) is 0 Å². The summed E-state index contributed by atoms with van der Waals surface area (Å²) in [7, 11) is 0. The quantitative estimate of drug-likeness (QED) is 0.538. The van der Waals surface area contributed by atoms with E-state index in [2.05, 4.69) is 0 Å². The maximum absolute atomic E-state index is 8.76. The first-order valence-electron chi connectivity index (χ1n) is 2.53. The Morgan fingerprint density at radius 1 is 1.67 bits per heavy atom. The average Bonchev–Trinajstić information content (AvgIpc) is 1.80. The minimum absolute atomic E-state index is 0.0961. The molecule has 0 spiro atoms. The highest BCUT2D eigenvalue weighted by molar-refractivity contribution is 5.12. The fourth-order valence-corrected chi connectivity index (χ4v) is 0.523. The summed E-state index contributed by atoms with van der Waals surface area (Å²) in [5.41, 5.74) is 0. The van der Waals surface area contributed by atoms with Gasteiger partial charge in [-0.2, -0.15) is 0 Å². The molecule has 1 aromatic heterocycles. The molecule has 0 saturated carbocycles. The molecular weight excluding hydrogens is 118 g/mol. The lowest BCUT2D eigenvalue weighted by molar-refractivity contribution is 0.417. The SMILES string of the molecule is Cc1cc(=N)c(O)co1. The van der Waals surface area contributed by atoms with Crippen LogP contribution in [0.2, 0.25) is 0 Å². The first-order chi connectivity index (χ1) is 4.20. The van der Waals surface area contributed by atoms with Crippen molar-refractivity contribution in [3.8, 4) is 5.75 Å². The summed E-state index contributed by atoms with van der Waals surface area (Å²) in [5.74, 6) is 0.499. The molecule has 0 radical (unpaired) electrons. The highest BCUT2D eigenvalue weighted by atomic mass is 16.3. The Bertz CT molecular complexity index is 264. The molecule has 1 aromatic rings. The van der Waals surface area contributed by atoms with E-state index in [9.17, 15) is 0 Å². The predicted molar refractivity (Wildman–Crippen MR) is 31.0 cm³/mol. The summed E-state index contributed by atoms with van der Waals surface area (Å²) >= 11 is 0. The van der Waals surface area contributed by atoms with Crippen LogP contribution < -0.4 is 5.36 Å². The van der Waals surface area contributed by atoms with Crippen LogP contribution in [0.4, 0.5) is 0 Å². The van der Waals surface area contributed by atoms with Crippen LogP contribution >= 0.6 is 0 Å². The topological polar surface area (TPSA) is 57.2 Å². The summed E-state index contributed by atoms with van der Waals surface area (Å²) in [5, 5.41) is 15.9. The summed E-state index contributed by atoms with van der Waals surface area (Å²) in [6.07, 6.45) is 1.15. The molecule has 0 aliphatic heterocycles. The van der Waals surface area contributed by atoms with Crippen molar-refractivity contribution in [2.45, 2.75) is 6.92 Å². The maximum atomic E-state index is 8.76. The van der Waals surface area contributed by atoms with E-state index in [1.807, 2.05) is 0 Å². The summed E-state index contributed by atoms with van der Waals surface area (Å²) in [6.45, 7) is 1.72. The summed E-state index contributed by atoms with van der Waals surface area (Å²) in [6, 6.07) is 1.45. The lowest BCUT2D eigenvalue weighted by Crippen LogP contribution is -1.97. The Morgan fingerprint density at radius 2 is 2.33 bits per heavy atom. The van der Waals surface area contributed by atoms with Gasteiger partial charge in [-0.1, -0.05) is 0 Å². The van der Waals surface area contributed by atoms with Gasteiger partial charge in [-0.15, -0.1) is 0 Å². The zero-order chi connectivity index (χ0) is 6.85. The zero-order valence-electron chi connectivity index (χ0n) is 5.01. The van der Waals surface area contributed by atoms with Crippen LogP contribution in [0, 0.1) is 12.3 Å². The van der Waals surface area contributed by atoms with Gasteiger partial charge in [0, 0.05) is 6.07 Å². The van der Waals surface area contributed by atoms with E-state index in [1.54, 1.807) is 6.92 Å². The smallest absolute Gasteiger partial charge is 0.176 e. The molecule has 0 aromatic carbocycles. The van der Waals surface area contributed by atoms with Gasteiger partial charge in [0.2, 0.25) is 0 Å². The van der Waals surface area contributed by atoms with Crippen LogP contribution in [0.1, 0.15) is 5.76 Å². The van der Waals surface area contributed by atoms with E-state index in [0.29, 0.717) is 5.76 Å². The van der Waals surface area contributed by atoms with Crippen molar-refractivity contribution in [2.24, 2.45) is 0 Å². The summed E-state index contributed by atoms with van der Waals surface area (Å²) < 4.78 is 4.77. The Morgan fingerprint density at radius 3 is 2.78 bits per heavy atom. The lowest BCUT2D eigenvalue weighted by atomic mass is 10.4. The van der Waals surface area contributed by atoms with Gasteiger partial charge in [0.25, 0.3) is 0 Å². The van der Waals surface area contributed by atoms with Crippen molar-refractivity contribution in [1.82, 2.24) is 0 Å². The van der Waals surface area contributed by atoms with Crippen LogP contribution in [0.25, 0.3) is 0 Å². The Balaban J connectivity index is 3.34. The van der Waals surface area contributed by atoms with Crippen LogP contribution in [-0.4, -0.2) is 5.11 Å². The third kappa shape index (κ3) is 1.10. The van der Waals surface area contributed by atoms with Gasteiger partial charge in [0.05, 0.1) is 0 Å². The van der Waals surface area contributed by atoms with Crippen molar-refractivity contribution >= 4 is 0 Å². The van der Waals surface area contributed by atoms with Crippen molar-refractivity contribution in [3.05, 3.63) is 23.4 Å². The largest absolute Gasteiger partial charge is 0.503 e. The predicted octanol–water partition coefficient (Wildman–Crippen LogP) is 0.773. The molecule has 1 heterocycles. The molecule has 2 N–H and O–H groups in total. The molecule has 0 saturated heterocycles. The van der Waals surface area contributed by atoms with Gasteiger partial charge < -0.3 is 9.52 Å². The van der Waals surface area contributed by atoms with Crippen LogP contribution in [0.3, 0.4) is 0 Å². The van der Waals surface area contributed by atoms with Crippen LogP contribution in [0.15, 0.2) is 16.7 Å². The standard InChI is InChI=1S/C6H7NO2/c1-4-2-5(7)6(8)3-9-4/h2-3,7-8H,1H3. The van der Waals surface area contributed by atoms with Crippen LogP contribution in [-0.2, 0) is 0 Å². The minimum Gasteiger partial charge on any atom is -0.503 e. The van der Waals surface area contributed by atoms with Crippen molar-refractivity contribution in [3.63, 3.8) is 0 Å². The fourth-order valence-electron chi connectivity index (χ4n) is 0.523. The van der Waals surface area contributed by atoms with Crippen molar-refractivity contribution < 1.29 is 9.52 Å². The number of aromatic hydroxyl groups is 1. The molecule has 0 aliphatic carbocycles. The van der Waals surface area contributed by atoms with Crippen molar-refractivity contribution in [1.29, 1.82) is 5.41 Å². The second-order valence-electron chi connectivity index (χ2n) is 1.79. The van der Waals surface area contributed by atoms with E-state index >= 15 is 0 Å². The molecule has 3 nitrogen and oxygen atoms in total. The zero-order valence-corrected chi connectivity index (χ0v) is 5.01. The first-order valence-corrected chi connectivity index (χ1v) is 2.53. The lowest BCUT2D eigenvalue weighted by Gasteiger charge is -1.91. The Hall–Kier alpha value is -1.25. The van der Waals surface area contributed by atoms with Crippen LogP contribution in [0.5, 0.6) is 5.75 Å². The fraction of sp³-hybridized carbons (Fsp3) is 0.167. The number of hydrogen-bond donors (Lipinski definition) is 2. The minimum atomic E-state index is -0.124. The molecule has 48 valence electrons. The summed E-state index contributed by atoms with van der Waals surface area (Å²) in [4.78, 5) is 0. The highest BCUT2D eigenvalue weighted by Gasteiger charge is 1.91. The molecule has 1 rings (SSSR count). The molecular formula is C6H7NO2. The van der Waals surface area contributed by atoms with E-state index < -0.39 is 0 Å². The normalized spacial score (nSPS) is 9.44. The second-order valence-corrected chi connectivity index (χ2v) is 1.79. The van der Waals surface area contributed by atoms with Gasteiger partial charge in [0.1, 0.15) is 17.4 Å². The number of rotatable bonds is 0. The monoisotopic (exact) mass is 125 g/mol. The van der Waals surface area contributed by atoms with Gasteiger partial charge in [-0.05, 0) is 6.92 Å². The van der Waals surface area contributed by atoms with E-state index in [0.717, 1.165) is 6.26 Å². The van der Waals surface area contributed by atoms with Crippen molar-refractivity contribution in [2.75, 3.05) is 0 Å².